The Morgan fingerprint density at radius 1 is 1.45 bits per heavy atom. The van der Waals surface area contributed by atoms with Gasteiger partial charge in [0.2, 0.25) is 0 Å². The van der Waals surface area contributed by atoms with Crippen LogP contribution < -0.4 is 10.2 Å². The second kappa shape index (κ2) is 9.44. The van der Waals surface area contributed by atoms with E-state index in [1.54, 1.807) is 19.5 Å². The molecule has 0 unspecified atom stereocenters. The maximum absolute atomic E-state index is 5.13. The molecular weight excluding hydrogens is 252 g/mol. The van der Waals surface area contributed by atoms with Gasteiger partial charge in [-0.3, -0.25) is 4.98 Å². The Morgan fingerprint density at radius 2 is 2.25 bits per heavy atom. The van der Waals surface area contributed by atoms with E-state index in [1.807, 2.05) is 6.08 Å². The summed E-state index contributed by atoms with van der Waals surface area (Å²) >= 11 is 0. The molecule has 112 valence electrons. The van der Waals surface area contributed by atoms with E-state index in [4.69, 9.17) is 4.74 Å². The Labute approximate surface area is 122 Å². The third kappa shape index (κ3) is 6.12. The summed E-state index contributed by atoms with van der Waals surface area (Å²) in [5.74, 6) is 1.50. The molecule has 0 atom stereocenters. The lowest BCUT2D eigenvalue weighted by Crippen LogP contribution is -2.29. The monoisotopic (exact) mass is 278 g/mol. The summed E-state index contributed by atoms with van der Waals surface area (Å²) in [7, 11) is 1.70. The van der Waals surface area contributed by atoms with Crippen molar-refractivity contribution < 1.29 is 4.74 Å². The first kappa shape index (κ1) is 16.6. The van der Waals surface area contributed by atoms with Crippen LogP contribution in [0, 0.1) is 5.92 Å². The summed E-state index contributed by atoms with van der Waals surface area (Å²) < 4.78 is 5.13. The first-order chi connectivity index (χ1) is 9.67. The lowest BCUT2D eigenvalue weighted by atomic mass is 10.2. The van der Waals surface area contributed by atoms with Crippen molar-refractivity contribution in [2.24, 2.45) is 5.92 Å². The number of methoxy groups -OCH3 is 1. The van der Waals surface area contributed by atoms with Gasteiger partial charge in [0.05, 0.1) is 18.5 Å². The van der Waals surface area contributed by atoms with Gasteiger partial charge in [-0.15, -0.1) is 6.58 Å². The third-order valence-electron chi connectivity index (χ3n) is 2.77. The first-order valence-electron chi connectivity index (χ1n) is 7.03. The Balaban J connectivity index is 2.65. The van der Waals surface area contributed by atoms with Gasteiger partial charge in [0, 0.05) is 32.9 Å². The van der Waals surface area contributed by atoms with Crippen LogP contribution in [0.3, 0.4) is 0 Å². The zero-order valence-electron chi connectivity index (χ0n) is 12.8. The Hall–Kier alpha value is -1.46. The first-order valence-corrected chi connectivity index (χ1v) is 7.03. The van der Waals surface area contributed by atoms with Crippen molar-refractivity contribution in [2.75, 3.05) is 38.3 Å². The number of nitrogens with zero attached hydrogens (tertiary/aromatic N) is 3. The number of anilines is 1. The molecule has 0 bridgehead atoms. The van der Waals surface area contributed by atoms with Gasteiger partial charge < -0.3 is 15.0 Å². The summed E-state index contributed by atoms with van der Waals surface area (Å²) in [5.41, 5.74) is 0.953. The largest absolute Gasteiger partial charge is 0.383 e. The highest BCUT2D eigenvalue weighted by Gasteiger charge is 2.07. The smallest absolute Gasteiger partial charge is 0.147 e. The SMILES string of the molecule is C=CCN(CCOC)c1cncc(CNCC(C)C)n1. The van der Waals surface area contributed by atoms with E-state index in [9.17, 15) is 0 Å². The Morgan fingerprint density at radius 3 is 2.90 bits per heavy atom. The second-order valence-electron chi connectivity index (χ2n) is 5.12. The van der Waals surface area contributed by atoms with E-state index < -0.39 is 0 Å². The second-order valence-corrected chi connectivity index (χ2v) is 5.12. The fraction of sp³-hybridized carbons (Fsp3) is 0.600. The molecule has 5 nitrogen and oxygen atoms in total. The van der Waals surface area contributed by atoms with Gasteiger partial charge in [0.1, 0.15) is 5.82 Å². The number of nitrogens with one attached hydrogen (secondary N) is 1. The van der Waals surface area contributed by atoms with E-state index in [0.717, 1.165) is 37.7 Å². The Kier molecular flexibility index (Phi) is 7.84. The maximum Gasteiger partial charge on any atom is 0.147 e. The summed E-state index contributed by atoms with van der Waals surface area (Å²) in [5, 5.41) is 3.38. The number of aromatic nitrogens is 2. The van der Waals surface area contributed by atoms with E-state index in [1.165, 1.54) is 0 Å². The molecule has 5 heteroatoms. The fourth-order valence-corrected chi connectivity index (χ4v) is 1.78. The van der Waals surface area contributed by atoms with Gasteiger partial charge >= 0.3 is 0 Å². The van der Waals surface area contributed by atoms with Gasteiger partial charge in [0.15, 0.2) is 0 Å². The molecule has 20 heavy (non-hydrogen) atoms. The molecule has 0 fully saturated rings. The molecule has 0 radical (unpaired) electrons. The van der Waals surface area contributed by atoms with E-state index >= 15 is 0 Å². The molecular formula is C15H26N4O. The van der Waals surface area contributed by atoms with Gasteiger partial charge in [-0.2, -0.15) is 0 Å². The summed E-state index contributed by atoms with van der Waals surface area (Å²) in [6, 6.07) is 0. The summed E-state index contributed by atoms with van der Waals surface area (Å²) in [4.78, 5) is 11.0. The topological polar surface area (TPSA) is 50.3 Å². The fourth-order valence-electron chi connectivity index (χ4n) is 1.78. The lowest BCUT2D eigenvalue weighted by molar-refractivity contribution is 0.205. The van der Waals surface area contributed by atoms with E-state index in [2.05, 4.69) is 40.6 Å². The van der Waals surface area contributed by atoms with Crippen LogP contribution in [-0.4, -0.2) is 43.3 Å². The molecule has 1 aromatic rings. The summed E-state index contributed by atoms with van der Waals surface area (Å²) in [6.07, 6.45) is 5.45. The third-order valence-corrected chi connectivity index (χ3v) is 2.77. The molecule has 0 aromatic carbocycles. The van der Waals surface area contributed by atoms with Crippen molar-refractivity contribution in [3.8, 4) is 0 Å². The highest BCUT2D eigenvalue weighted by Crippen LogP contribution is 2.09. The van der Waals surface area contributed by atoms with Crippen molar-refractivity contribution >= 4 is 5.82 Å². The molecule has 0 aliphatic carbocycles. The average molecular weight is 278 g/mol. The molecule has 0 saturated heterocycles. The van der Waals surface area contributed by atoms with Crippen LogP contribution >= 0.6 is 0 Å². The lowest BCUT2D eigenvalue weighted by Gasteiger charge is -2.21. The molecule has 1 rings (SSSR count). The maximum atomic E-state index is 5.13. The molecule has 0 saturated carbocycles. The van der Waals surface area contributed by atoms with Crippen LogP contribution in [0.25, 0.3) is 0 Å². The molecule has 1 aromatic heterocycles. The zero-order chi connectivity index (χ0) is 14.8. The van der Waals surface area contributed by atoms with Crippen molar-refractivity contribution in [3.05, 3.63) is 30.7 Å². The van der Waals surface area contributed by atoms with Crippen LogP contribution in [0.1, 0.15) is 19.5 Å². The predicted molar refractivity (Wildman–Crippen MR) is 82.9 cm³/mol. The van der Waals surface area contributed by atoms with Crippen LogP contribution in [0.4, 0.5) is 5.82 Å². The van der Waals surface area contributed by atoms with Crippen LogP contribution in [-0.2, 0) is 11.3 Å². The highest BCUT2D eigenvalue weighted by atomic mass is 16.5. The van der Waals surface area contributed by atoms with Gasteiger partial charge in [-0.25, -0.2) is 4.98 Å². The summed E-state index contributed by atoms with van der Waals surface area (Å²) in [6.45, 7) is 12.0. The number of hydrogen-bond donors (Lipinski definition) is 1. The molecule has 0 amide bonds. The highest BCUT2D eigenvalue weighted by molar-refractivity contribution is 5.37. The standard InChI is InChI=1S/C15H26N4O/c1-5-6-19(7-8-20-4)15-12-17-11-14(18-15)10-16-9-13(2)3/h5,11-13,16H,1,6-10H2,2-4H3. The quantitative estimate of drug-likeness (QED) is 0.662. The van der Waals surface area contributed by atoms with Gasteiger partial charge in [-0.1, -0.05) is 19.9 Å². The molecule has 1 heterocycles. The van der Waals surface area contributed by atoms with Crippen molar-refractivity contribution in [1.82, 2.24) is 15.3 Å². The molecule has 0 spiro atoms. The number of hydrogen-bond acceptors (Lipinski definition) is 5. The normalized spacial score (nSPS) is 10.8. The van der Waals surface area contributed by atoms with Crippen molar-refractivity contribution in [1.29, 1.82) is 0 Å². The average Bonchev–Trinajstić information content (AvgIpc) is 2.43. The minimum Gasteiger partial charge on any atom is -0.383 e. The van der Waals surface area contributed by atoms with Crippen molar-refractivity contribution in [3.63, 3.8) is 0 Å². The van der Waals surface area contributed by atoms with Gasteiger partial charge in [-0.05, 0) is 12.5 Å². The predicted octanol–water partition coefficient (Wildman–Crippen LogP) is 1.86. The van der Waals surface area contributed by atoms with E-state index in [0.29, 0.717) is 12.5 Å². The Bertz CT molecular complexity index is 395. The zero-order valence-corrected chi connectivity index (χ0v) is 12.8. The number of ether oxygens (including phenoxy) is 1. The van der Waals surface area contributed by atoms with Crippen LogP contribution in [0.2, 0.25) is 0 Å². The van der Waals surface area contributed by atoms with E-state index in [-0.39, 0.29) is 0 Å². The molecule has 0 aliphatic heterocycles. The van der Waals surface area contributed by atoms with Crippen LogP contribution in [0.15, 0.2) is 25.0 Å². The molecule has 1 N–H and O–H groups in total. The van der Waals surface area contributed by atoms with Crippen LogP contribution in [0.5, 0.6) is 0 Å². The minimum absolute atomic E-state index is 0.630. The number of rotatable bonds is 10. The molecule has 0 aliphatic rings. The van der Waals surface area contributed by atoms with Crippen molar-refractivity contribution in [2.45, 2.75) is 20.4 Å². The van der Waals surface area contributed by atoms with Gasteiger partial charge in [0.25, 0.3) is 0 Å². The minimum atomic E-state index is 0.630.